The van der Waals surface area contributed by atoms with Gasteiger partial charge in [-0.15, -0.1) is 0 Å². The molecule has 0 aliphatic heterocycles. The number of sulfonamides is 1. The lowest BCUT2D eigenvalue weighted by atomic mass is 10.1. The van der Waals surface area contributed by atoms with Crippen LogP contribution in [-0.2, 0) is 10.0 Å². The van der Waals surface area contributed by atoms with Crippen molar-refractivity contribution in [2.24, 2.45) is 5.84 Å². The van der Waals surface area contributed by atoms with Gasteiger partial charge >= 0.3 is 0 Å². The minimum absolute atomic E-state index is 0.240. The number of nitrogen functional groups attached to an aromatic ring is 1. The molecule has 0 radical (unpaired) electrons. The molecule has 0 unspecified atom stereocenters. The molecule has 21 heavy (non-hydrogen) atoms. The quantitative estimate of drug-likeness (QED) is 0.593. The van der Waals surface area contributed by atoms with Gasteiger partial charge in [-0.05, 0) is 55.7 Å². The molecule has 6 nitrogen and oxygen atoms in total. The maximum Gasteiger partial charge on any atom is 0.263 e. The second-order valence-corrected chi connectivity index (χ2v) is 6.53. The van der Waals surface area contributed by atoms with E-state index in [1.165, 1.54) is 0 Å². The molecule has 0 amide bonds. The van der Waals surface area contributed by atoms with Crippen molar-refractivity contribution in [1.82, 2.24) is 4.98 Å². The summed E-state index contributed by atoms with van der Waals surface area (Å²) in [5.41, 5.74) is 5.37. The van der Waals surface area contributed by atoms with Gasteiger partial charge in [0, 0.05) is 11.9 Å². The fourth-order valence-corrected chi connectivity index (χ4v) is 3.64. The molecular weight excluding hydrogens is 288 g/mol. The maximum absolute atomic E-state index is 12.5. The Morgan fingerprint density at radius 1 is 1.10 bits per heavy atom. The van der Waals surface area contributed by atoms with E-state index in [9.17, 15) is 8.42 Å². The highest BCUT2D eigenvalue weighted by molar-refractivity contribution is 7.92. The Morgan fingerprint density at radius 3 is 2.19 bits per heavy atom. The van der Waals surface area contributed by atoms with Crippen LogP contribution in [0.4, 0.5) is 11.5 Å². The van der Waals surface area contributed by atoms with E-state index in [4.69, 9.17) is 5.84 Å². The highest BCUT2D eigenvalue weighted by Gasteiger charge is 2.20. The summed E-state index contributed by atoms with van der Waals surface area (Å²) in [6, 6.07) is 6.80. The number of nitrogens with zero attached hydrogens (tertiary/aromatic N) is 1. The van der Waals surface area contributed by atoms with E-state index in [1.807, 2.05) is 6.92 Å². The van der Waals surface area contributed by atoms with Crippen LogP contribution in [-0.4, -0.2) is 13.4 Å². The molecule has 7 heteroatoms. The van der Waals surface area contributed by atoms with E-state index < -0.39 is 10.0 Å². The molecule has 0 saturated heterocycles. The van der Waals surface area contributed by atoms with E-state index >= 15 is 0 Å². The predicted molar refractivity (Wildman–Crippen MR) is 83.5 cm³/mol. The number of anilines is 2. The largest absolute Gasteiger partial charge is 0.324 e. The Morgan fingerprint density at radius 2 is 1.71 bits per heavy atom. The standard InChI is InChI=1S/C14H18N4O2S/c1-9-4-5-13(16-8-9)18-21(19,20)14-10(2)6-12(17-15)7-11(14)3/h4-8,17H,15H2,1-3H3,(H,16,18). The third-order valence-electron chi connectivity index (χ3n) is 3.05. The van der Waals surface area contributed by atoms with E-state index in [2.05, 4.69) is 15.1 Å². The molecule has 0 bridgehead atoms. The SMILES string of the molecule is Cc1ccc(NS(=O)(=O)c2c(C)cc(NN)cc2C)nc1. The third kappa shape index (κ3) is 3.32. The molecule has 4 N–H and O–H groups in total. The summed E-state index contributed by atoms with van der Waals surface area (Å²) in [5.74, 6) is 5.65. The highest BCUT2D eigenvalue weighted by atomic mass is 32.2. The summed E-state index contributed by atoms with van der Waals surface area (Å²) >= 11 is 0. The van der Waals surface area contributed by atoms with Crippen molar-refractivity contribution in [1.29, 1.82) is 0 Å². The van der Waals surface area contributed by atoms with Gasteiger partial charge in [0.05, 0.1) is 4.90 Å². The molecule has 0 atom stereocenters. The first-order chi connectivity index (χ1) is 9.83. The Balaban J connectivity index is 2.42. The molecule has 2 rings (SSSR count). The zero-order chi connectivity index (χ0) is 15.6. The Kier molecular flexibility index (Phi) is 4.15. The molecule has 1 aromatic carbocycles. The fraction of sp³-hybridized carbons (Fsp3) is 0.214. The number of hydrogen-bond donors (Lipinski definition) is 3. The maximum atomic E-state index is 12.5. The van der Waals surface area contributed by atoms with Crippen LogP contribution in [0.15, 0.2) is 35.4 Å². The average molecular weight is 306 g/mol. The van der Waals surface area contributed by atoms with Gasteiger partial charge in [-0.3, -0.25) is 10.6 Å². The van der Waals surface area contributed by atoms with Crippen molar-refractivity contribution < 1.29 is 8.42 Å². The van der Waals surface area contributed by atoms with E-state index in [-0.39, 0.29) is 4.90 Å². The van der Waals surface area contributed by atoms with Gasteiger partial charge < -0.3 is 5.43 Å². The Labute approximate surface area is 124 Å². The van der Waals surface area contributed by atoms with Crippen LogP contribution in [0.2, 0.25) is 0 Å². The summed E-state index contributed by atoms with van der Waals surface area (Å²) in [7, 11) is -3.69. The van der Waals surface area contributed by atoms with Crippen LogP contribution >= 0.6 is 0 Å². The molecule has 0 spiro atoms. The molecule has 2 aromatic rings. The summed E-state index contributed by atoms with van der Waals surface area (Å²) in [5, 5.41) is 0. The van der Waals surface area contributed by atoms with Gasteiger partial charge in [0.15, 0.2) is 0 Å². The third-order valence-corrected chi connectivity index (χ3v) is 4.71. The van der Waals surface area contributed by atoms with Gasteiger partial charge in [-0.2, -0.15) is 0 Å². The van der Waals surface area contributed by atoms with E-state index in [1.54, 1.807) is 44.3 Å². The smallest absolute Gasteiger partial charge is 0.263 e. The number of benzene rings is 1. The van der Waals surface area contributed by atoms with E-state index in [0.717, 1.165) is 5.56 Å². The average Bonchev–Trinajstić information content (AvgIpc) is 2.39. The fourth-order valence-electron chi connectivity index (χ4n) is 2.17. The zero-order valence-electron chi connectivity index (χ0n) is 12.1. The number of pyridine rings is 1. The normalized spacial score (nSPS) is 11.2. The van der Waals surface area contributed by atoms with Gasteiger partial charge in [0.2, 0.25) is 0 Å². The Hall–Kier alpha value is -2.12. The van der Waals surface area contributed by atoms with Gasteiger partial charge in [0.1, 0.15) is 5.82 Å². The van der Waals surface area contributed by atoms with Crippen LogP contribution in [0.25, 0.3) is 0 Å². The second-order valence-electron chi connectivity index (χ2n) is 4.91. The topological polar surface area (TPSA) is 97.1 Å². The number of aryl methyl sites for hydroxylation is 3. The molecule has 112 valence electrons. The first-order valence-corrected chi connectivity index (χ1v) is 7.85. The van der Waals surface area contributed by atoms with Crippen molar-refractivity contribution in [3.63, 3.8) is 0 Å². The first kappa shape index (κ1) is 15.3. The molecule has 1 heterocycles. The van der Waals surface area contributed by atoms with E-state index in [0.29, 0.717) is 22.6 Å². The van der Waals surface area contributed by atoms with Crippen LogP contribution in [0.5, 0.6) is 0 Å². The van der Waals surface area contributed by atoms with Crippen LogP contribution in [0, 0.1) is 20.8 Å². The number of hydrogen-bond acceptors (Lipinski definition) is 5. The monoisotopic (exact) mass is 306 g/mol. The molecular formula is C14H18N4O2S. The summed E-state index contributed by atoms with van der Waals surface area (Å²) in [4.78, 5) is 4.30. The van der Waals surface area contributed by atoms with Crippen molar-refractivity contribution >= 4 is 21.5 Å². The van der Waals surface area contributed by atoms with Gasteiger partial charge in [0.25, 0.3) is 10.0 Å². The number of hydrazine groups is 1. The molecule has 0 aliphatic carbocycles. The molecule has 0 fully saturated rings. The zero-order valence-corrected chi connectivity index (χ0v) is 13.0. The lowest BCUT2D eigenvalue weighted by molar-refractivity contribution is 0.600. The lowest BCUT2D eigenvalue weighted by Crippen LogP contribution is -2.17. The number of nitrogens with one attached hydrogen (secondary N) is 2. The molecule has 0 aliphatic rings. The second kappa shape index (κ2) is 5.71. The summed E-state index contributed by atoms with van der Waals surface area (Å²) < 4.78 is 27.5. The Bertz CT molecular complexity index is 732. The molecule has 1 aromatic heterocycles. The van der Waals surface area contributed by atoms with Crippen molar-refractivity contribution in [3.05, 3.63) is 47.2 Å². The predicted octanol–water partition coefficient (Wildman–Crippen LogP) is 2.09. The van der Waals surface area contributed by atoms with Gasteiger partial charge in [-0.25, -0.2) is 13.4 Å². The lowest BCUT2D eigenvalue weighted by Gasteiger charge is -2.14. The number of nitrogens with two attached hydrogens (primary N) is 1. The number of rotatable bonds is 4. The number of aromatic nitrogens is 1. The minimum atomic E-state index is -3.69. The molecule has 0 saturated carbocycles. The van der Waals surface area contributed by atoms with Crippen LogP contribution < -0.4 is 16.0 Å². The minimum Gasteiger partial charge on any atom is -0.324 e. The summed E-state index contributed by atoms with van der Waals surface area (Å²) in [6.45, 7) is 5.34. The van der Waals surface area contributed by atoms with Gasteiger partial charge in [-0.1, -0.05) is 6.07 Å². The van der Waals surface area contributed by atoms with Crippen LogP contribution in [0.1, 0.15) is 16.7 Å². The van der Waals surface area contributed by atoms with Crippen LogP contribution in [0.3, 0.4) is 0 Å². The van der Waals surface area contributed by atoms with Crippen molar-refractivity contribution in [2.45, 2.75) is 25.7 Å². The highest BCUT2D eigenvalue weighted by Crippen LogP contribution is 2.25. The first-order valence-electron chi connectivity index (χ1n) is 6.37. The van der Waals surface area contributed by atoms with Crippen molar-refractivity contribution in [3.8, 4) is 0 Å². The summed E-state index contributed by atoms with van der Waals surface area (Å²) in [6.07, 6.45) is 1.61. The van der Waals surface area contributed by atoms with Crippen molar-refractivity contribution in [2.75, 3.05) is 10.1 Å².